The molecule has 0 atom stereocenters. The number of nitrogens with zero attached hydrogens (tertiary/aromatic N) is 3. The second kappa shape index (κ2) is 4.68. The van der Waals surface area contributed by atoms with Gasteiger partial charge in [0.05, 0.1) is 5.69 Å². The van der Waals surface area contributed by atoms with Gasteiger partial charge in [0.2, 0.25) is 0 Å². The third kappa shape index (κ3) is 2.97. The number of hydrogen-bond donors (Lipinski definition) is 1. The molecule has 0 aliphatic carbocycles. The van der Waals surface area contributed by atoms with E-state index in [-0.39, 0.29) is 0 Å². The fourth-order valence-corrected chi connectivity index (χ4v) is 1.93. The molecule has 2 heterocycles. The van der Waals surface area contributed by atoms with E-state index in [0.717, 1.165) is 44.0 Å². The molecule has 4 heteroatoms. The average molecular weight is 206 g/mol. The maximum Gasteiger partial charge on any atom is 0.125 e. The molecule has 0 unspecified atom stereocenters. The lowest BCUT2D eigenvalue weighted by molar-refractivity contribution is 0.203. The molecule has 0 spiro atoms. The highest BCUT2D eigenvalue weighted by Crippen LogP contribution is 2.11. The number of hydrogen-bond acceptors (Lipinski definition) is 4. The monoisotopic (exact) mass is 206 g/mol. The molecule has 1 saturated heterocycles. The van der Waals surface area contributed by atoms with Crippen molar-refractivity contribution in [3.63, 3.8) is 0 Å². The van der Waals surface area contributed by atoms with Gasteiger partial charge in [0.25, 0.3) is 0 Å². The summed E-state index contributed by atoms with van der Waals surface area (Å²) in [4.78, 5) is 10.9. The Bertz CT molecular complexity index is 318. The zero-order valence-electron chi connectivity index (χ0n) is 9.19. The molecule has 0 radical (unpaired) electrons. The summed E-state index contributed by atoms with van der Waals surface area (Å²) >= 11 is 0. The highest BCUT2D eigenvalue weighted by atomic mass is 15.1. The molecule has 82 valence electrons. The first-order valence-corrected chi connectivity index (χ1v) is 5.50. The van der Waals surface area contributed by atoms with Crippen molar-refractivity contribution in [2.24, 2.45) is 5.73 Å². The smallest absolute Gasteiger partial charge is 0.125 e. The Morgan fingerprint density at radius 3 is 2.87 bits per heavy atom. The highest BCUT2D eigenvalue weighted by Gasteiger charge is 2.16. The molecule has 15 heavy (non-hydrogen) atoms. The van der Waals surface area contributed by atoms with Gasteiger partial charge >= 0.3 is 0 Å². The van der Waals surface area contributed by atoms with Crippen LogP contribution in [0.1, 0.15) is 24.4 Å². The number of nitrogens with two attached hydrogens (primary N) is 1. The molecular weight excluding hydrogens is 188 g/mol. The van der Waals surface area contributed by atoms with Crippen LogP contribution in [0.2, 0.25) is 0 Å². The highest BCUT2D eigenvalue weighted by molar-refractivity contribution is 5.01. The van der Waals surface area contributed by atoms with Gasteiger partial charge in [0, 0.05) is 31.9 Å². The molecule has 1 aromatic rings. The van der Waals surface area contributed by atoms with Crippen molar-refractivity contribution in [3.8, 4) is 0 Å². The lowest BCUT2D eigenvalue weighted by atomic mass is 10.1. The van der Waals surface area contributed by atoms with E-state index in [1.807, 2.05) is 19.2 Å². The molecule has 0 bridgehead atoms. The standard InChI is InChI=1S/C11H18N4/c1-9-13-5-2-11(14-9)8-15-6-3-10(12)4-7-15/h2,5,10H,3-4,6-8,12H2,1H3. The summed E-state index contributed by atoms with van der Waals surface area (Å²) in [6.45, 7) is 5.03. The van der Waals surface area contributed by atoms with Crippen LogP contribution in [0.4, 0.5) is 0 Å². The van der Waals surface area contributed by atoms with Crippen LogP contribution >= 0.6 is 0 Å². The van der Waals surface area contributed by atoms with Gasteiger partial charge in [-0.1, -0.05) is 0 Å². The van der Waals surface area contributed by atoms with Crippen molar-refractivity contribution in [2.45, 2.75) is 32.4 Å². The molecule has 1 aliphatic rings. The van der Waals surface area contributed by atoms with E-state index in [1.54, 1.807) is 0 Å². The minimum atomic E-state index is 0.397. The van der Waals surface area contributed by atoms with E-state index in [0.29, 0.717) is 6.04 Å². The molecule has 0 amide bonds. The second-order valence-electron chi connectivity index (χ2n) is 4.21. The van der Waals surface area contributed by atoms with Gasteiger partial charge < -0.3 is 5.73 Å². The first-order valence-electron chi connectivity index (χ1n) is 5.50. The van der Waals surface area contributed by atoms with E-state index in [4.69, 9.17) is 5.73 Å². The summed E-state index contributed by atoms with van der Waals surface area (Å²) in [7, 11) is 0. The van der Waals surface area contributed by atoms with Gasteiger partial charge in [-0.05, 0) is 25.8 Å². The Labute approximate surface area is 90.5 Å². The summed E-state index contributed by atoms with van der Waals surface area (Å²) in [5.74, 6) is 0.848. The number of likely N-dealkylation sites (tertiary alicyclic amines) is 1. The van der Waals surface area contributed by atoms with E-state index in [9.17, 15) is 0 Å². The number of aryl methyl sites for hydroxylation is 1. The van der Waals surface area contributed by atoms with Crippen LogP contribution in [-0.2, 0) is 6.54 Å². The Morgan fingerprint density at radius 1 is 1.47 bits per heavy atom. The Kier molecular flexibility index (Phi) is 3.28. The van der Waals surface area contributed by atoms with Gasteiger partial charge in [0.15, 0.2) is 0 Å². The number of rotatable bonds is 2. The predicted octanol–water partition coefficient (Wildman–Crippen LogP) is 0.708. The van der Waals surface area contributed by atoms with Crippen LogP contribution in [0.15, 0.2) is 12.3 Å². The largest absolute Gasteiger partial charge is 0.328 e. The second-order valence-corrected chi connectivity index (χ2v) is 4.21. The topological polar surface area (TPSA) is 55.0 Å². The van der Waals surface area contributed by atoms with Crippen LogP contribution in [0.5, 0.6) is 0 Å². The van der Waals surface area contributed by atoms with E-state index >= 15 is 0 Å². The molecule has 2 N–H and O–H groups in total. The Hall–Kier alpha value is -1.00. The maximum atomic E-state index is 5.86. The van der Waals surface area contributed by atoms with Gasteiger partial charge in [-0.25, -0.2) is 9.97 Å². The number of piperidine rings is 1. The zero-order valence-corrected chi connectivity index (χ0v) is 9.19. The molecule has 4 nitrogen and oxygen atoms in total. The molecule has 1 aromatic heterocycles. The SMILES string of the molecule is Cc1nccc(CN2CCC(N)CC2)n1. The molecule has 1 aliphatic heterocycles. The predicted molar refractivity (Wildman–Crippen MR) is 59.3 cm³/mol. The van der Waals surface area contributed by atoms with Crippen LogP contribution in [0, 0.1) is 6.92 Å². The molecular formula is C11H18N4. The first kappa shape index (κ1) is 10.5. The van der Waals surface area contributed by atoms with E-state index < -0.39 is 0 Å². The Balaban J connectivity index is 1.92. The zero-order chi connectivity index (χ0) is 10.7. The summed E-state index contributed by atoms with van der Waals surface area (Å²) in [6, 6.07) is 2.38. The van der Waals surface area contributed by atoms with Crippen molar-refractivity contribution in [2.75, 3.05) is 13.1 Å². The van der Waals surface area contributed by atoms with Crippen LogP contribution < -0.4 is 5.73 Å². The fourth-order valence-electron chi connectivity index (χ4n) is 1.93. The van der Waals surface area contributed by atoms with Crippen molar-refractivity contribution in [3.05, 3.63) is 23.8 Å². The van der Waals surface area contributed by atoms with Gasteiger partial charge in [0.1, 0.15) is 5.82 Å². The summed E-state index contributed by atoms with van der Waals surface area (Å²) in [5.41, 5.74) is 6.97. The van der Waals surface area contributed by atoms with Crippen molar-refractivity contribution < 1.29 is 0 Å². The maximum absolute atomic E-state index is 5.86. The van der Waals surface area contributed by atoms with Crippen molar-refractivity contribution in [1.29, 1.82) is 0 Å². The van der Waals surface area contributed by atoms with E-state index in [1.165, 1.54) is 0 Å². The van der Waals surface area contributed by atoms with Crippen molar-refractivity contribution >= 4 is 0 Å². The van der Waals surface area contributed by atoms with Crippen molar-refractivity contribution in [1.82, 2.24) is 14.9 Å². The normalized spacial score (nSPS) is 19.3. The third-order valence-electron chi connectivity index (χ3n) is 2.85. The van der Waals surface area contributed by atoms with Crippen LogP contribution in [0.3, 0.4) is 0 Å². The minimum absolute atomic E-state index is 0.397. The molecule has 0 aromatic carbocycles. The lowest BCUT2D eigenvalue weighted by Gasteiger charge is -2.29. The number of aromatic nitrogens is 2. The quantitative estimate of drug-likeness (QED) is 0.774. The summed E-state index contributed by atoms with van der Waals surface area (Å²) < 4.78 is 0. The molecule has 1 fully saturated rings. The fraction of sp³-hybridized carbons (Fsp3) is 0.636. The lowest BCUT2D eigenvalue weighted by Crippen LogP contribution is -2.39. The summed E-state index contributed by atoms with van der Waals surface area (Å²) in [6.07, 6.45) is 4.03. The minimum Gasteiger partial charge on any atom is -0.328 e. The van der Waals surface area contributed by atoms with Gasteiger partial charge in [-0.2, -0.15) is 0 Å². The van der Waals surface area contributed by atoms with Crippen LogP contribution in [0.25, 0.3) is 0 Å². The van der Waals surface area contributed by atoms with Crippen LogP contribution in [-0.4, -0.2) is 34.0 Å². The summed E-state index contributed by atoms with van der Waals surface area (Å²) in [5, 5.41) is 0. The van der Waals surface area contributed by atoms with Gasteiger partial charge in [-0.15, -0.1) is 0 Å². The first-order chi connectivity index (χ1) is 7.24. The molecule has 2 rings (SSSR count). The third-order valence-corrected chi connectivity index (χ3v) is 2.85. The molecule has 0 saturated carbocycles. The van der Waals surface area contributed by atoms with Gasteiger partial charge in [-0.3, -0.25) is 4.90 Å². The van der Waals surface area contributed by atoms with E-state index in [2.05, 4.69) is 14.9 Å². The Morgan fingerprint density at radius 2 is 2.20 bits per heavy atom. The average Bonchev–Trinajstić information content (AvgIpc) is 2.22.